The molecule has 2 aromatic rings. The summed E-state index contributed by atoms with van der Waals surface area (Å²) in [6.07, 6.45) is 0. The Morgan fingerprint density at radius 3 is 1.07 bits per heavy atom. The maximum atomic E-state index is 5.75. The predicted octanol–water partition coefficient (Wildman–Crippen LogP) is 5.24. The van der Waals surface area contributed by atoms with Crippen LogP contribution in [0.1, 0.15) is 27.7 Å². The molecule has 0 saturated heterocycles. The van der Waals surface area contributed by atoms with Crippen LogP contribution in [-0.4, -0.2) is 45.4 Å². The van der Waals surface area contributed by atoms with E-state index < -0.39 is 0 Å². The monoisotopic (exact) mass is 398 g/mol. The molecule has 2 aromatic carbocycles. The van der Waals surface area contributed by atoms with Gasteiger partial charge in [0.1, 0.15) is 0 Å². The van der Waals surface area contributed by atoms with Crippen molar-refractivity contribution in [2.24, 2.45) is 0 Å². The van der Waals surface area contributed by atoms with Crippen molar-refractivity contribution in [3.63, 3.8) is 0 Å². The van der Waals surface area contributed by atoms with E-state index in [4.69, 9.17) is 12.2 Å². The molecule has 0 heterocycles. The van der Waals surface area contributed by atoms with Crippen LogP contribution in [-0.2, 0) is 0 Å². The van der Waals surface area contributed by atoms with E-state index in [0.717, 1.165) is 42.7 Å². The highest BCUT2D eigenvalue weighted by atomic mass is 32.1. The number of nitrogens with zero attached hydrogens (tertiary/aromatic N) is 4. The van der Waals surface area contributed by atoms with Gasteiger partial charge < -0.3 is 19.6 Å². The van der Waals surface area contributed by atoms with Crippen LogP contribution in [0.2, 0.25) is 0 Å². The van der Waals surface area contributed by atoms with Crippen molar-refractivity contribution in [3.05, 3.63) is 48.5 Å². The summed E-state index contributed by atoms with van der Waals surface area (Å²) in [4.78, 5) is 8.79. The first-order chi connectivity index (χ1) is 13.5. The second-order valence-electron chi connectivity index (χ2n) is 6.78. The van der Waals surface area contributed by atoms with E-state index in [2.05, 4.69) is 95.8 Å². The number of anilines is 4. The zero-order chi connectivity index (χ0) is 20.7. The molecule has 0 radical (unpaired) electrons. The number of hydrogen-bond acceptors (Lipinski definition) is 3. The number of hydrogen-bond donors (Lipinski definition) is 0. The number of benzene rings is 2. The Bertz CT molecular complexity index is 671. The summed E-state index contributed by atoms with van der Waals surface area (Å²) in [5, 5.41) is 0.770. The highest BCUT2D eigenvalue weighted by molar-refractivity contribution is 7.80. The van der Waals surface area contributed by atoms with Gasteiger partial charge in [-0.3, -0.25) is 0 Å². The van der Waals surface area contributed by atoms with Gasteiger partial charge in [-0.1, -0.05) is 0 Å². The predicted molar refractivity (Wildman–Crippen MR) is 129 cm³/mol. The van der Waals surface area contributed by atoms with Crippen LogP contribution in [0.25, 0.3) is 0 Å². The van der Waals surface area contributed by atoms with E-state index in [-0.39, 0.29) is 0 Å². The lowest BCUT2D eigenvalue weighted by Gasteiger charge is -2.29. The average molecular weight is 399 g/mol. The van der Waals surface area contributed by atoms with Gasteiger partial charge >= 0.3 is 0 Å². The van der Waals surface area contributed by atoms with Crippen LogP contribution in [0, 0.1) is 0 Å². The van der Waals surface area contributed by atoms with Gasteiger partial charge in [-0.2, -0.15) is 0 Å². The molecule has 0 atom stereocenters. The summed E-state index contributed by atoms with van der Waals surface area (Å²) in [7, 11) is 4.05. The highest BCUT2D eigenvalue weighted by Gasteiger charge is 2.14. The van der Waals surface area contributed by atoms with E-state index in [0.29, 0.717) is 0 Å². The molecule has 0 saturated carbocycles. The Hall–Kier alpha value is -2.27. The van der Waals surface area contributed by atoms with E-state index in [1.54, 1.807) is 0 Å². The van der Waals surface area contributed by atoms with E-state index in [9.17, 15) is 0 Å². The lowest BCUT2D eigenvalue weighted by molar-refractivity contribution is 0.866. The average Bonchev–Trinajstić information content (AvgIpc) is 2.75. The van der Waals surface area contributed by atoms with Crippen molar-refractivity contribution >= 4 is 40.1 Å². The third-order valence-corrected chi connectivity index (χ3v) is 5.85. The Labute approximate surface area is 176 Å². The van der Waals surface area contributed by atoms with Gasteiger partial charge in [-0.05, 0) is 88.4 Å². The fourth-order valence-corrected chi connectivity index (χ4v) is 3.61. The van der Waals surface area contributed by atoms with Crippen molar-refractivity contribution in [3.8, 4) is 0 Å². The standard InChI is InChI=1S/C23H34N4S/c1-7-26(8-2)21-15-11-19(12-16-21)24(5)23(28)25(6)20-13-17-22(18-14-20)27(9-3)10-4/h11-18H,7-10H2,1-6H3. The third-order valence-electron chi connectivity index (χ3n) is 5.31. The van der Waals surface area contributed by atoms with Crippen molar-refractivity contribution in [2.45, 2.75) is 27.7 Å². The van der Waals surface area contributed by atoms with Gasteiger partial charge in [0.25, 0.3) is 0 Å². The Morgan fingerprint density at radius 1 is 0.571 bits per heavy atom. The van der Waals surface area contributed by atoms with Crippen LogP contribution in [0.3, 0.4) is 0 Å². The summed E-state index contributed by atoms with van der Waals surface area (Å²) in [5.74, 6) is 0. The molecule has 0 aliphatic heterocycles. The zero-order valence-corrected chi connectivity index (χ0v) is 19.0. The van der Waals surface area contributed by atoms with Gasteiger partial charge in [0.2, 0.25) is 0 Å². The first-order valence-electron chi connectivity index (χ1n) is 10.2. The molecule has 4 nitrogen and oxygen atoms in total. The molecule has 152 valence electrons. The molecule has 2 rings (SSSR count). The lowest BCUT2D eigenvalue weighted by Crippen LogP contribution is -2.38. The van der Waals surface area contributed by atoms with Crippen molar-refractivity contribution in [2.75, 3.05) is 59.9 Å². The normalized spacial score (nSPS) is 10.5. The lowest BCUT2D eigenvalue weighted by atomic mass is 10.2. The van der Waals surface area contributed by atoms with Gasteiger partial charge in [-0.15, -0.1) is 0 Å². The topological polar surface area (TPSA) is 13.0 Å². The van der Waals surface area contributed by atoms with E-state index >= 15 is 0 Å². The maximum absolute atomic E-state index is 5.75. The van der Waals surface area contributed by atoms with Gasteiger partial charge in [0.05, 0.1) is 0 Å². The SMILES string of the molecule is CCN(CC)c1ccc(N(C)C(=S)N(C)c2ccc(N(CC)CC)cc2)cc1. The van der Waals surface area contributed by atoms with Crippen molar-refractivity contribution < 1.29 is 0 Å². The molecule has 0 amide bonds. The Morgan fingerprint density at radius 2 is 0.821 bits per heavy atom. The van der Waals surface area contributed by atoms with E-state index in [1.165, 1.54) is 11.4 Å². The zero-order valence-electron chi connectivity index (χ0n) is 18.1. The minimum Gasteiger partial charge on any atom is -0.372 e. The minimum absolute atomic E-state index is 0.770. The molecule has 28 heavy (non-hydrogen) atoms. The Balaban J connectivity index is 2.11. The smallest absolute Gasteiger partial charge is 0.180 e. The first kappa shape index (κ1) is 22.0. The molecule has 0 aliphatic rings. The fraction of sp³-hybridized carbons (Fsp3) is 0.435. The van der Waals surface area contributed by atoms with Gasteiger partial charge in [0, 0.05) is 63.0 Å². The fourth-order valence-electron chi connectivity index (χ4n) is 3.40. The highest BCUT2D eigenvalue weighted by Crippen LogP contribution is 2.24. The van der Waals surface area contributed by atoms with Crippen LogP contribution in [0.4, 0.5) is 22.7 Å². The quantitative estimate of drug-likeness (QED) is 0.563. The molecular weight excluding hydrogens is 364 g/mol. The summed E-state index contributed by atoms with van der Waals surface area (Å²) < 4.78 is 0. The van der Waals surface area contributed by atoms with Crippen LogP contribution >= 0.6 is 12.2 Å². The summed E-state index contributed by atoms with van der Waals surface area (Å²) in [6, 6.07) is 17.2. The molecule has 5 heteroatoms. The first-order valence-corrected chi connectivity index (χ1v) is 10.6. The van der Waals surface area contributed by atoms with Crippen LogP contribution in [0.15, 0.2) is 48.5 Å². The van der Waals surface area contributed by atoms with Gasteiger partial charge in [-0.25, -0.2) is 0 Å². The summed E-state index contributed by atoms with van der Waals surface area (Å²) >= 11 is 5.75. The molecule has 0 unspecified atom stereocenters. The van der Waals surface area contributed by atoms with Gasteiger partial charge in [0.15, 0.2) is 5.11 Å². The maximum Gasteiger partial charge on any atom is 0.180 e. The minimum atomic E-state index is 0.770. The van der Waals surface area contributed by atoms with Crippen LogP contribution in [0.5, 0.6) is 0 Å². The molecule has 0 N–H and O–H groups in total. The Kier molecular flexibility index (Phi) is 8.12. The molecule has 0 spiro atoms. The molecule has 0 aromatic heterocycles. The molecular formula is C23H34N4S. The summed E-state index contributed by atoms with van der Waals surface area (Å²) in [6.45, 7) is 12.8. The number of rotatable bonds is 8. The summed E-state index contributed by atoms with van der Waals surface area (Å²) in [5.41, 5.74) is 4.67. The van der Waals surface area contributed by atoms with E-state index in [1.807, 2.05) is 14.1 Å². The number of thiocarbonyl (C=S) groups is 1. The van der Waals surface area contributed by atoms with Crippen molar-refractivity contribution in [1.82, 2.24) is 0 Å². The molecule has 0 bridgehead atoms. The van der Waals surface area contributed by atoms with Crippen molar-refractivity contribution in [1.29, 1.82) is 0 Å². The second-order valence-corrected chi connectivity index (χ2v) is 7.14. The second kappa shape index (κ2) is 10.3. The van der Waals surface area contributed by atoms with Crippen LogP contribution < -0.4 is 19.6 Å². The third kappa shape index (κ3) is 4.96. The molecule has 0 fully saturated rings. The molecule has 0 aliphatic carbocycles. The largest absolute Gasteiger partial charge is 0.372 e.